The fourth-order valence-electron chi connectivity index (χ4n) is 1.41. The van der Waals surface area contributed by atoms with Crippen molar-refractivity contribution in [3.8, 4) is 0 Å². The summed E-state index contributed by atoms with van der Waals surface area (Å²) in [6.07, 6.45) is 11.2. The van der Waals surface area contributed by atoms with Gasteiger partial charge in [-0.05, 0) is 25.2 Å². The number of allylic oxidation sites excluding steroid dienone is 2. The maximum atomic E-state index is 2.40. The van der Waals surface area contributed by atoms with Crippen LogP contribution in [0.4, 0.5) is 0 Å². The van der Waals surface area contributed by atoms with Crippen LogP contribution in [0.3, 0.4) is 0 Å². The van der Waals surface area contributed by atoms with Crippen LogP contribution >= 0.6 is 0 Å². The summed E-state index contributed by atoms with van der Waals surface area (Å²) in [5.41, 5.74) is 0. The first kappa shape index (κ1) is 10.7. The normalized spacial score (nSPS) is 11.6. The summed E-state index contributed by atoms with van der Waals surface area (Å²) in [7, 11) is 0. The molecule has 0 spiro atoms. The van der Waals surface area contributed by atoms with E-state index in [-0.39, 0.29) is 0 Å². The smallest absolute Gasteiger partial charge is 0.0234 e. The molecule has 66 valence electrons. The number of hydrogen-bond acceptors (Lipinski definition) is 0. The molecule has 0 aromatic carbocycles. The first-order chi connectivity index (χ1) is 5.35. The van der Waals surface area contributed by atoms with Crippen molar-refractivity contribution < 1.29 is 0 Å². The highest BCUT2D eigenvalue weighted by Gasteiger charge is 1.99. The second kappa shape index (κ2) is 7.84. The van der Waals surface area contributed by atoms with Crippen LogP contribution in [0.25, 0.3) is 0 Å². The lowest BCUT2D eigenvalue weighted by Crippen LogP contribution is -1.94. The molecule has 11 heavy (non-hydrogen) atoms. The summed E-state index contributed by atoms with van der Waals surface area (Å²) >= 11 is 0. The summed E-state index contributed by atoms with van der Waals surface area (Å²) in [5.74, 6) is 0.852. The van der Waals surface area contributed by atoms with E-state index < -0.39 is 0 Å². The van der Waals surface area contributed by atoms with Crippen LogP contribution in [0.5, 0.6) is 0 Å². The Morgan fingerprint density at radius 3 is 1.91 bits per heavy atom. The molecule has 0 aromatic heterocycles. The van der Waals surface area contributed by atoms with E-state index >= 15 is 0 Å². The predicted molar refractivity (Wildman–Crippen MR) is 52.7 cm³/mol. The molecule has 0 atom stereocenters. The lowest BCUT2D eigenvalue weighted by Gasteiger charge is -2.08. The van der Waals surface area contributed by atoms with E-state index in [0.717, 1.165) is 5.92 Å². The third kappa shape index (κ3) is 6.15. The molecular formula is C11H22. The van der Waals surface area contributed by atoms with Crippen molar-refractivity contribution in [2.75, 3.05) is 0 Å². The highest BCUT2D eigenvalue weighted by atomic mass is 14.1. The van der Waals surface area contributed by atoms with Crippen LogP contribution in [0.1, 0.15) is 52.9 Å². The van der Waals surface area contributed by atoms with E-state index in [1.54, 1.807) is 0 Å². The van der Waals surface area contributed by atoms with Crippen molar-refractivity contribution in [1.82, 2.24) is 0 Å². The average Bonchev–Trinajstić information content (AvgIpc) is 2.01. The van der Waals surface area contributed by atoms with Crippen molar-refractivity contribution in [1.29, 1.82) is 0 Å². The van der Waals surface area contributed by atoms with Gasteiger partial charge in [0, 0.05) is 0 Å². The standard InChI is InChI=1S/C11H22/c1-4-7-10-11(8-5-2)9-6-3/h7,10-11H,4-6,8-9H2,1-3H3/b10-7+. The molecule has 0 aliphatic rings. The molecule has 0 radical (unpaired) electrons. The van der Waals surface area contributed by atoms with Crippen molar-refractivity contribution in [2.45, 2.75) is 52.9 Å². The summed E-state index contributed by atoms with van der Waals surface area (Å²) in [5, 5.41) is 0. The van der Waals surface area contributed by atoms with Gasteiger partial charge in [0.15, 0.2) is 0 Å². The van der Waals surface area contributed by atoms with E-state index in [2.05, 4.69) is 32.9 Å². The molecule has 0 saturated carbocycles. The lowest BCUT2D eigenvalue weighted by atomic mass is 9.98. The van der Waals surface area contributed by atoms with Gasteiger partial charge in [-0.2, -0.15) is 0 Å². The largest absolute Gasteiger partial charge is 0.0885 e. The van der Waals surface area contributed by atoms with Crippen LogP contribution in [-0.2, 0) is 0 Å². The number of hydrogen-bond donors (Lipinski definition) is 0. The zero-order valence-electron chi connectivity index (χ0n) is 8.27. The molecule has 0 bridgehead atoms. The summed E-state index contributed by atoms with van der Waals surface area (Å²) in [6, 6.07) is 0. The molecular weight excluding hydrogens is 132 g/mol. The zero-order chi connectivity index (χ0) is 8.53. The third-order valence-electron chi connectivity index (χ3n) is 1.96. The van der Waals surface area contributed by atoms with E-state index in [0.29, 0.717) is 0 Å². The molecule has 0 aliphatic carbocycles. The maximum absolute atomic E-state index is 2.40. The molecule has 0 saturated heterocycles. The molecule has 0 heteroatoms. The van der Waals surface area contributed by atoms with Gasteiger partial charge in [0.1, 0.15) is 0 Å². The fraction of sp³-hybridized carbons (Fsp3) is 0.818. The Hall–Kier alpha value is -0.260. The molecule has 0 N–H and O–H groups in total. The quantitative estimate of drug-likeness (QED) is 0.504. The second-order valence-corrected chi connectivity index (χ2v) is 3.17. The molecule has 0 aromatic rings. The van der Waals surface area contributed by atoms with Crippen molar-refractivity contribution in [2.24, 2.45) is 5.92 Å². The van der Waals surface area contributed by atoms with Crippen LogP contribution in [0, 0.1) is 5.92 Å². The minimum atomic E-state index is 0.852. The monoisotopic (exact) mass is 154 g/mol. The Morgan fingerprint density at radius 2 is 1.55 bits per heavy atom. The second-order valence-electron chi connectivity index (χ2n) is 3.17. The Bertz CT molecular complexity index is 86.2. The Labute approximate surface area is 71.7 Å². The zero-order valence-corrected chi connectivity index (χ0v) is 8.27. The average molecular weight is 154 g/mol. The highest BCUT2D eigenvalue weighted by Crippen LogP contribution is 2.14. The van der Waals surface area contributed by atoms with Gasteiger partial charge in [-0.3, -0.25) is 0 Å². The van der Waals surface area contributed by atoms with E-state index in [4.69, 9.17) is 0 Å². The Morgan fingerprint density at radius 1 is 1.00 bits per heavy atom. The van der Waals surface area contributed by atoms with Crippen LogP contribution in [0.2, 0.25) is 0 Å². The summed E-state index contributed by atoms with van der Waals surface area (Å²) < 4.78 is 0. The van der Waals surface area contributed by atoms with Gasteiger partial charge in [-0.25, -0.2) is 0 Å². The van der Waals surface area contributed by atoms with Gasteiger partial charge in [-0.15, -0.1) is 0 Å². The molecule has 0 rings (SSSR count). The van der Waals surface area contributed by atoms with E-state index in [1.165, 1.54) is 32.1 Å². The van der Waals surface area contributed by atoms with E-state index in [9.17, 15) is 0 Å². The van der Waals surface area contributed by atoms with Gasteiger partial charge in [-0.1, -0.05) is 45.8 Å². The summed E-state index contributed by atoms with van der Waals surface area (Å²) in [6.45, 7) is 6.73. The lowest BCUT2D eigenvalue weighted by molar-refractivity contribution is 0.528. The van der Waals surface area contributed by atoms with Gasteiger partial charge in [0.2, 0.25) is 0 Å². The van der Waals surface area contributed by atoms with Gasteiger partial charge < -0.3 is 0 Å². The Kier molecular flexibility index (Phi) is 7.66. The molecule has 0 heterocycles. The minimum Gasteiger partial charge on any atom is -0.0885 e. The fourth-order valence-corrected chi connectivity index (χ4v) is 1.41. The SMILES string of the molecule is CC/C=C/C(CCC)CCC. The maximum Gasteiger partial charge on any atom is -0.0234 e. The van der Waals surface area contributed by atoms with Gasteiger partial charge >= 0.3 is 0 Å². The molecule has 0 fully saturated rings. The minimum absolute atomic E-state index is 0.852. The summed E-state index contributed by atoms with van der Waals surface area (Å²) in [4.78, 5) is 0. The topological polar surface area (TPSA) is 0 Å². The predicted octanol–water partition coefficient (Wildman–Crippen LogP) is 4.17. The Balaban J connectivity index is 3.58. The number of rotatable bonds is 6. The third-order valence-corrected chi connectivity index (χ3v) is 1.96. The first-order valence-electron chi connectivity index (χ1n) is 5.01. The van der Waals surface area contributed by atoms with Crippen molar-refractivity contribution >= 4 is 0 Å². The molecule has 0 aliphatic heterocycles. The van der Waals surface area contributed by atoms with Crippen molar-refractivity contribution in [3.63, 3.8) is 0 Å². The molecule has 0 amide bonds. The van der Waals surface area contributed by atoms with Gasteiger partial charge in [0.05, 0.1) is 0 Å². The van der Waals surface area contributed by atoms with Crippen molar-refractivity contribution in [3.05, 3.63) is 12.2 Å². The first-order valence-corrected chi connectivity index (χ1v) is 5.01. The van der Waals surface area contributed by atoms with Gasteiger partial charge in [0.25, 0.3) is 0 Å². The molecule has 0 unspecified atom stereocenters. The van der Waals surface area contributed by atoms with Crippen LogP contribution < -0.4 is 0 Å². The van der Waals surface area contributed by atoms with Crippen LogP contribution in [0.15, 0.2) is 12.2 Å². The molecule has 0 nitrogen and oxygen atoms in total. The highest BCUT2D eigenvalue weighted by molar-refractivity contribution is 4.87. The van der Waals surface area contributed by atoms with E-state index in [1.807, 2.05) is 0 Å². The van der Waals surface area contributed by atoms with Crippen LogP contribution in [-0.4, -0.2) is 0 Å².